The molecule has 130 valence electrons. The lowest BCUT2D eigenvalue weighted by atomic mass is 9.82. The Balaban J connectivity index is 1.64. The first-order chi connectivity index (χ1) is 12.0. The second kappa shape index (κ2) is 7.01. The minimum atomic E-state index is 0.189. The van der Waals surface area contributed by atoms with Crippen LogP contribution < -0.4 is 10.5 Å². The molecular weight excluding hydrogens is 310 g/mol. The number of benzene rings is 2. The van der Waals surface area contributed by atoms with Crippen LogP contribution in [-0.4, -0.2) is 10.2 Å². The molecule has 0 bridgehead atoms. The Bertz CT molecular complexity index is 834. The average Bonchev–Trinajstić information content (AvgIpc) is 3.09. The van der Waals surface area contributed by atoms with Crippen LogP contribution in [0.15, 0.2) is 54.6 Å². The maximum Gasteiger partial charge on any atom is 0.130 e. The van der Waals surface area contributed by atoms with E-state index in [4.69, 9.17) is 10.5 Å². The average molecular weight is 335 g/mol. The third-order valence-corrected chi connectivity index (χ3v) is 4.73. The zero-order chi connectivity index (χ0) is 17.9. The van der Waals surface area contributed by atoms with Gasteiger partial charge in [0.05, 0.1) is 11.4 Å². The highest BCUT2D eigenvalue weighted by molar-refractivity contribution is 5.64. The lowest BCUT2D eigenvalue weighted by molar-refractivity contribution is 0.301. The predicted octanol–water partition coefficient (Wildman–Crippen LogP) is 4.93. The maximum absolute atomic E-state index is 5.87. The van der Waals surface area contributed by atoms with Crippen LogP contribution >= 0.6 is 0 Å². The summed E-state index contributed by atoms with van der Waals surface area (Å²) < 4.78 is 5.87. The Morgan fingerprint density at radius 1 is 1.08 bits per heavy atom. The number of nitrogens with one attached hydrogen (secondary N) is 1. The summed E-state index contributed by atoms with van der Waals surface area (Å²) in [5.74, 6) is 0.857. The molecule has 0 unspecified atom stereocenters. The Kier molecular flexibility index (Phi) is 4.79. The normalized spacial score (nSPS) is 11.5. The van der Waals surface area contributed by atoms with Crippen molar-refractivity contribution in [1.82, 2.24) is 10.2 Å². The summed E-state index contributed by atoms with van der Waals surface area (Å²) in [6.07, 6.45) is 1.11. The van der Waals surface area contributed by atoms with Gasteiger partial charge in [0.25, 0.3) is 0 Å². The number of nitrogens with zero attached hydrogens (tertiary/aromatic N) is 1. The summed E-state index contributed by atoms with van der Waals surface area (Å²) in [6, 6.07) is 18.0. The summed E-state index contributed by atoms with van der Waals surface area (Å²) in [4.78, 5) is 0. The highest BCUT2D eigenvalue weighted by Crippen LogP contribution is 2.28. The van der Waals surface area contributed by atoms with E-state index >= 15 is 0 Å². The first kappa shape index (κ1) is 17.1. The van der Waals surface area contributed by atoms with Crippen LogP contribution in [0.4, 0.5) is 5.69 Å². The Morgan fingerprint density at radius 2 is 1.84 bits per heavy atom. The minimum Gasteiger partial charge on any atom is -0.487 e. The Labute approximate surface area is 149 Å². The molecule has 0 aliphatic heterocycles. The molecule has 3 rings (SSSR count). The van der Waals surface area contributed by atoms with E-state index in [1.54, 1.807) is 0 Å². The molecule has 0 saturated carbocycles. The van der Waals surface area contributed by atoms with E-state index in [2.05, 4.69) is 43.1 Å². The predicted molar refractivity (Wildman–Crippen MR) is 103 cm³/mol. The zero-order valence-electron chi connectivity index (χ0n) is 15.0. The molecule has 0 saturated heterocycles. The van der Waals surface area contributed by atoms with E-state index in [0.717, 1.165) is 34.8 Å². The molecule has 1 aromatic heterocycles. The van der Waals surface area contributed by atoms with E-state index in [9.17, 15) is 0 Å². The largest absolute Gasteiger partial charge is 0.487 e. The van der Waals surface area contributed by atoms with E-state index in [0.29, 0.717) is 6.61 Å². The monoisotopic (exact) mass is 335 g/mol. The lowest BCUT2D eigenvalue weighted by Crippen LogP contribution is -2.15. The number of H-pyrrole nitrogens is 1. The van der Waals surface area contributed by atoms with Gasteiger partial charge in [-0.15, -0.1) is 0 Å². The number of rotatable bonds is 6. The minimum absolute atomic E-state index is 0.189. The van der Waals surface area contributed by atoms with Crippen LogP contribution in [0.5, 0.6) is 5.75 Å². The standard InChI is InChI=1S/C21H25N3O/c1-4-21(2,3)16-8-10-19(11-9-16)25-14-18-13-20(24-23-18)15-6-5-7-17(22)12-15/h5-13H,4,14,22H2,1-3H3,(H,23,24). The number of ether oxygens (including phenoxy) is 1. The smallest absolute Gasteiger partial charge is 0.130 e. The first-order valence-electron chi connectivity index (χ1n) is 8.61. The highest BCUT2D eigenvalue weighted by atomic mass is 16.5. The van der Waals surface area contributed by atoms with Crippen molar-refractivity contribution in [2.24, 2.45) is 0 Å². The van der Waals surface area contributed by atoms with Gasteiger partial charge in [-0.05, 0) is 47.7 Å². The topological polar surface area (TPSA) is 63.9 Å². The molecule has 0 fully saturated rings. The molecule has 4 heteroatoms. The van der Waals surface area contributed by atoms with E-state index in [-0.39, 0.29) is 5.41 Å². The van der Waals surface area contributed by atoms with Crippen molar-refractivity contribution >= 4 is 5.69 Å². The van der Waals surface area contributed by atoms with Gasteiger partial charge in [-0.1, -0.05) is 45.0 Å². The SMILES string of the molecule is CCC(C)(C)c1ccc(OCc2cc(-c3cccc(N)c3)n[nH]2)cc1. The highest BCUT2D eigenvalue weighted by Gasteiger charge is 2.17. The van der Waals surface area contributed by atoms with Crippen LogP contribution in [-0.2, 0) is 12.0 Å². The van der Waals surface area contributed by atoms with E-state index in [1.165, 1.54) is 5.56 Å². The number of anilines is 1. The number of hydrogen-bond donors (Lipinski definition) is 2. The second-order valence-electron chi connectivity index (χ2n) is 6.95. The molecule has 0 spiro atoms. The quantitative estimate of drug-likeness (QED) is 0.628. The van der Waals surface area contributed by atoms with Crippen molar-refractivity contribution in [2.45, 2.75) is 39.2 Å². The molecule has 0 aliphatic carbocycles. The third kappa shape index (κ3) is 4.02. The van der Waals surface area contributed by atoms with Crippen molar-refractivity contribution in [3.63, 3.8) is 0 Å². The molecule has 0 aliphatic rings. The molecule has 2 aromatic carbocycles. The summed E-state index contributed by atoms with van der Waals surface area (Å²) in [6.45, 7) is 7.17. The van der Waals surface area contributed by atoms with Crippen molar-refractivity contribution in [3.8, 4) is 17.0 Å². The number of nitrogen functional groups attached to an aromatic ring is 1. The van der Waals surface area contributed by atoms with E-state index < -0.39 is 0 Å². The second-order valence-corrected chi connectivity index (χ2v) is 6.95. The molecule has 0 radical (unpaired) electrons. The van der Waals surface area contributed by atoms with Crippen molar-refractivity contribution in [3.05, 3.63) is 65.9 Å². The molecule has 4 nitrogen and oxygen atoms in total. The zero-order valence-corrected chi connectivity index (χ0v) is 15.0. The van der Waals surface area contributed by atoms with Crippen LogP contribution in [0, 0.1) is 0 Å². The van der Waals surface area contributed by atoms with Gasteiger partial charge < -0.3 is 10.5 Å². The number of hydrogen-bond acceptors (Lipinski definition) is 3. The van der Waals surface area contributed by atoms with Crippen LogP contribution in [0.2, 0.25) is 0 Å². The maximum atomic E-state index is 5.87. The van der Waals surface area contributed by atoms with Crippen LogP contribution in [0.25, 0.3) is 11.3 Å². The lowest BCUT2D eigenvalue weighted by Gasteiger charge is -2.23. The molecule has 1 heterocycles. The van der Waals surface area contributed by atoms with Gasteiger partial charge in [-0.3, -0.25) is 5.10 Å². The van der Waals surface area contributed by atoms with Gasteiger partial charge in [0.1, 0.15) is 12.4 Å². The molecule has 0 amide bonds. The molecule has 3 N–H and O–H groups in total. The number of nitrogens with two attached hydrogens (primary N) is 1. The Hall–Kier alpha value is -2.75. The van der Waals surface area contributed by atoms with Gasteiger partial charge in [0.15, 0.2) is 0 Å². The van der Waals surface area contributed by atoms with Crippen molar-refractivity contribution in [1.29, 1.82) is 0 Å². The summed E-state index contributed by atoms with van der Waals surface area (Å²) in [7, 11) is 0. The van der Waals surface area contributed by atoms with Crippen LogP contribution in [0.3, 0.4) is 0 Å². The number of aromatic nitrogens is 2. The molecule has 25 heavy (non-hydrogen) atoms. The van der Waals surface area contributed by atoms with Crippen molar-refractivity contribution < 1.29 is 4.74 Å². The Morgan fingerprint density at radius 3 is 2.52 bits per heavy atom. The van der Waals surface area contributed by atoms with Gasteiger partial charge in [0.2, 0.25) is 0 Å². The van der Waals surface area contributed by atoms with Gasteiger partial charge in [-0.25, -0.2) is 0 Å². The van der Waals surface area contributed by atoms with Gasteiger partial charge in [0, 0.05) is 11.3 Å². The van der Waals surface area contributed by atoms with E-state index in [1.807, 2.05) is 42.5 Å². The van der Waals surface area contributed by atoms with Crippen LogP contribution in [0.1, 0.15) is 38.4 Å². The first-order valence-corrected chi connectivity index (χ1v) is 8.61. The molecular formula is C21H25N3O. The van der Waals surface area contributed by atoms with Crippen molar-refractivity contribution in [2.75, 3.05) is 5.73 Å². The molecule has 0 atom stereocenters. The number of aromatic amines is 1. The fraction of sp³-hybridized carbons (Fsp3) is 0.286. The fourth-order valence-corrected chi connectivity index (χ4v) is 2.65. The van der Waals surface area contributed by atoms with Gasteiger partial charge in [-0.2, -0.15) is 5.10 Å². The summed E-state index contributed by atoms with van der Waals surface area (Å²) >= 11 is 0. The summed E-state index contributed by atoms with van der Waals surface area (Å²) in [5, 5.41) is 7.36. The summed E-state index contributed by atoms with van der Waals surface area (Å²) in [5.41, 5.74) is 10.9. The third-order valence-electron chi connectivity index (χ3n) is 4.73. The fourth-order valence-electron chi connectivity index (χ4n) is 2.65. The van der Waals surface area contributed by atoms with Gasteiger partial charge >= 0.3 is 0 Å². The molecule has 3 aromatic rings.